The molecule has 1 N–H and O–H groups in total. The van der Waals surface area contributed by atoms with Gasteiger partial charge >= 0.3 is 10.1 Å². The first-order chi connectivity index (χ1) is 14.0. The van der Waals surface area contributed by atoms with Gasteiger partial charge < -0.3 is 14.1 Å². The van der Waals surface area contributed by atoms with Crippen LogP contribution in [0.15, 0.2) is 65.8 Å². The number of imidazole rings is 1. The molecule has 29 heavy (non-hydrogen) atoms. The highest BCUT2D eigenvalue weighted by atomic mass is 32.2. The Morgan fingerprint density at radius 1 is 1.00 bits per heavy atom. The van der Waals surface area contributed by atoms with Crippen LogP contribution in [-0.4, -0.2) is 49.5 Å². The Kier molecular flexibility index (Phi) is 5.55. The number of hydrogen-bond donors (Lipinski definition) is 1. The van der Waals surface area contributed by atoms with Crippen LogP contribution in [0, 0.1) is 6.92 Å². The zero-order valence-electron chi connectivity index (χ0n) is 16.3. The summed E-state index contributed by atoms with van der Waals surface area (Å²) in [5, 5.41) is 0. The van der Waals surface area contributed by atoms with Crippen molar-refractivity contribution in [1.29, 1.82) is 0 Å². The van der Waals surface area contributed by atoms with Crippen LogP contribution in [0.4, 0.5) is 5.69 Å². The van der Waals surface area contributed by atoms with E-state index >= 15 is 0 Å². The summed E-state index contributed by atoms with van der Waals surface area (Å²) in [6.07, 6.45) is 3.61. The molecule has 8 heteroatoms. The van der Waals surface area contributed by atoms with Crippen molar-refractivity contribution in [2.24, 2.45) is 0 Å². The molecule has 2 aromatic carbocycles. The number of aromatic nitrogens is 2. The molecule has 0 spiro atoms. The summed E-state index contributed by atoms with van der Waals surface area (Å²) in [5.74, 6) is 1.29. The summed E-state index contributed by atoms with van der Waals surface area (Å²) in [5.41, 5.74) is 2.06. The van der Waals surface area contributed by atoms with Crippen LogP contribution in [0.3, 0.4) is 0 Å². The average Bonchev–Trinajstić information content (AvgIpc) is 3.22. The summed E-state index contributed by atoms with van der Waals surface area (Å²) in [4.78, 5) is 12.2. The molecule has 1 saturated heterocycles. The van der Waals surface area contributed by atoms with E-state index in [9.17, 15) is 8.42 Å². The van der Waals surface area contributed by atoms with Crippen molar-refractivity contribution in [3.63, 3.8) is 0 Å². The number of piperazine rings is 1. The summed E-state index contributed by atoms with van der Waals surface area (Å²) in [6.45, 7) is 6.43. The number of nitrogens with zero attached hydrogens (tertiary/aromatic N) is 3. The fourth-order valence-electron chi connectivity index (χ4n) is 3.35. The topological polar surface area (TPSA) is 78.5 Å². The van der Waals surface area contributed by atoms with Crippen LogP contribution in [0.5, 0.6) is 5.75 Å². The maximum absolute atomic E-state index is 12.4. The molecule has 0 radical (unpaired) electrons. The largest absolute Gasteiger partial charge is 0.379 e. The predicted octanol–water partition coefficient (Wildman–Crippen LogP) is 2.81. The maximum Gasteiger partial charge on any atom is 0.339 e. The third-order valence-corrected chi connectivity index (χ3v) is 6.28. The molecule has 1 aromatic heterocycles. The first-order valence-corrected chi connectivity index (χ1v) is 11.0. The SMILES string of the molecule is Cc1ccc(S(=O)(=O)Oc2ccc(N3CCN(Cc4ncc[nH]4)CC3)cc2)cc1. The van der Waals surface area contributed by atoms with Crippen molar-refractivity contribution in [2.75, 3.05) is 31.1 Å². The van der Waals surface area contributed by atoms with Gasteiger partial charge in [0.1, 0.15) is 16.5 Å². The second kappa shape index (κ2) is 8.26. The van der Waals surface area contributed by atoms with Crippen LogP contribution in [0.2, 0.25) is 0 Å². The monoisotopic (exact) mass is 412 g/mol. The standard InChI is InChI=1S/C21H24N4O3S/c1-17-2-8-20(9-3-17)29(26,27)28-19-6-4-18(5-7-19)25-14-12-24(13-15-25)16-21-22-10-11-23-21/h2-11H,12-16H2,1H3,(H,22,23). The Morgan fingerprint density at radius 2 is 1.69 bits per heavy atom. The molecule has 152 valence electrons. The molecule has 2 heterocycles. The highest BCUT2D eigenvalue weighted by molar-refractivity contribution is 7.87. The molecular formula is C21H24N4O3S. The van der Waals surface area contributed by atoms with Gasteiger partial charge in [-0.3, -0.25) is 4.90 Å². The molecule has 1 aliphatic rings. The number of nitrogens with one attached hydrogen (secondary N) is 1. The Hall–Kier alpha value is -2.84. The van der Waals surface area contributed by atoms with Crippen molar-refractivity contribution in [3.05, 3.63) is 72.3 Å². The minimum Gasteiger partial charge on any atom is -0.379 e. The lowest BCUT2D eigenvalue weighted by Crippen LogP contribution is -2.46. The van der Waals surface area contributed by atoms with Crippen LogP contribution in [0.25, 0.3) is 0 Å². The third kappa shape index (κ3) is 4.78. The van der Waals surface area contributed by atoms with E-state index in [0.717, 1.165) is 49.8 Å². The molecule has 0 atom stereocenters. The molecule has 1 fully saturated rings. The van der Waals surface area contributed by atoms with E-state index in [1.165, 1.54) is 0 Å². The normalized spacial score (nSPS) is 15.4. The Balaban J connectivity index is 1.35. The van der Waals surface area contributed by atoms with E-state index in [1.807, 2.05) is 25.3 Å². The number of aromatic amines is 1. The lowest BCUT2D eigenvalue weighted by Gasteiger charge is -2.35. The highest BCUT2D eigenvalue weighted by Crippen LogP contribution is 2.24. The molecule has 4 rings (SSSR count). The summed E-state index contributed by atoms with van der Waals surface area (Å²) < 4.78 is 30.1. The highest BCUT2D eigenvalue weighted by Gasteiger charge is 2.19. The minimum absolute atomic E-state index is 0.153. The van der Waals surface area contributed by atoms with E-state index in [4.69, 9.17) is 4.18 Å². The van der Waals surface area contributed by atoms with Crippen molar-refractivity contribution >= 4 is 15.8 Å². The summed E-state index contributed by atoms with van der Waals surface area (Å²) >= 11 is 0. The van der Waals surface area contributed by atoms with Crippen molar-refractivity contribution < 1.29 is 12.6 Å². The smallest absolute Gasteiger partial charge is 0.339 e. The van der Waals surface area contributed by atoms with Gasteiger partial charge in [0, 0.05) is 44.3 Å². The molecular weight excluding hydrogens is 388 g/mol. The number of anilines is 1. The Morgan fingerprint density at radius 3 is 2.31 bits per heavy atom. The zero-order chi connectivity index (χ0) is 20.3. The van der Waals surface area contributed by atoms with E-state index < -0.39 is 10.1 Å². The Bertz CT molecular complexity index is 1020. The fourth-order valence-corrected chi connectivity index (χ4v) is 4.28. The van der Waals surface area contributed by atoms with Gasteiger partial charge in [-0.25, -0.2) is 4.98 Å². The van der Waals surface area contributed by atoms with Crippen LogP contribution < -0.4 is 9.08 Å². The van der Waals surface area contributed by atoms with Gasteiger partial charge in [-0.2, -0.15) is 8.42 Å². The van der Waals surface area contributed by atoms with Crippen molar-refractivity contribution in [2.45, 2.75) is 18.4 Å². The summed E-state index contributed by atoms with van der Waals surface area (Å²) in [7, 11) is -3.83. The maximum atomic E-state index is 12.4. The molecule has 0 bridgehead atoms. The molecule has 0 aliphatic carbocycles. The van der Waals surface area contributed by atoms with Gasteiger partial charge in [0.15, 0.2) is 0 Å². The molecule has 3 aromatic rings. The molecule has 7 nitrogen and oxygen atoms in total. The molecule has 0 unspecified atom stereocenters. The molecule has 1 aliphatic heterocycles. The number of aryl methyl sites for hydroxylation is 1. The molecule has 0 saturated carbocycles. The second-order valence-corrected chi connectivity index (χ2v) is 8.69. The lowest BCUT2D eigenvalue weighted by atomic mass is 10.2. The first-order valence-electron chi connectivity index (χ1n) is 9.56. The number of benzene rings is 2. The van der Waals surface area contributed by atoms with Gasteiger partial charge in [-0.15, -0.1) is 0 Å². The predicted molar refractivity (Wildman–Crippen MR) is 112 cm³/mol. The second-order valence-electron chi connectivity index (χ2n) is 7.14. The number of hydrogen-bond acceptors (Lipinski definition) is 6. The van der Waals surface area contributed by atoms with E-state index in [-0.39, 0.29) is 4.90 Å². The number of H-pyrrole nitrogens is 1. The van der Waals surface area contributed by atoms with Crippen LogP contribution in [-0.2, 0) is 16.7 Å². The fraction of sp³-hybridized carbons (Fsp3) is 0.286. The third-order valence-electron chi connectivity index (χ3n) is 5.02. The molecule has 0 amide bonds. The van der Waals surface area contributed by atoms with Crippen LogP contribution >= 0.6 is 0 Å². The lowest BCUT2D eigenvalue weighted by molar-refractivity contribution is 0.244. The summed E-state index contributed by atoms with van der Waals surface area (Å²) in [6, 6.07) is 13.8. The number of rotatable bonds is 6. The Labute approximate surface area is 171 Å². The van der Waals surface area contributed by atoms with Gasteiger partial charge in [0.05, 0.1) is 6.54 Å². The van der Waals surface area contributed by atoms with Gasteiger partial charge in [0.2, 0.25) is 0 Å². The average molecular weight is 413 g/mol. The van der Waals surface area contributed by atoms with Gasteiger partial charge in [-0.05, 0) is 43.3 Å². The van der Waals surface area contributed by atoms with E-state index in [2.05, 4.69) is 19.8 Å². The van der Waals surface area contributed by atoms with Gasteiger partial charge in [-0.1, -0.05) is 17.7 Å². The van der Waals surface area contributed by atoms with Gasteiger partial charge in [0.25, 0.3) is 0 Å². The first kappa shape index (κ1) is 19.5. The van der Waals surface area contributed by atoms with E-state index in [0.29, 0.717) is 5.75 Å². The van der Waals surface area contributed by atoms with E-state index in [1.54, 1.807) is 42.6 Å². The minimum atomic E-state index is -3.83. The van der Waals surface area contributed by atoms with Crippen molar-refractivity contribution in [1.82, 2.24) is 14.9 Å². The van der Waals surface area contributed by atoms with Crippen LogP contribution in [0.1, 0.15) is 11.4 Å². The quantitative estimate of drug-likeness (QED) is 0.628. The van der Waals surface area contributed by atoms with Crippen molar-refractivity contribution in [3.8, 4) is 5.75 Å². The zero-order valence-corrected chi connectivity index (χ0v) is 17.1.